The van der Waals surface area contributed by atoms with Crippen molar-refractivity contribution < 1.29 is 14.3 Å². The number of aliphatic carboxylic acids is 1. The van der Waals surface area contributed by atoms with Crippen molar-refractivity contribution >= 4 is 5.97 Å². The molecular formula is C13H13FN2O2. The molecule has 1 aromatic carbocycles. The lowest BCUT2D eigenvalue weighted by molar-refractivity contribution is -0.138. The van der Waals surface area contributed by atoms with Crippen LogP contribution in [0.4, 0.5) is 4.39 Å². The highest BCUT2D eigenvalue weighted by Crippen LogP contribution is 2.25. The van der Waals surface area contributed by atoms with E-state index in [0.29, 0.717) is 17.0 Å². The van der Waals surface area contributed by atoms with Crippen LogP contribution in [0, 0.1) is 5.82 Å². The molecule has 2 rings (SSSR count). The van der Waals surface area contributed by atoms with E-state index in [2.05, 4.69) is 5.10 Å². The average molecular weight is 248 g/mol. The molecule has 18 heavy (non-hydrogen) atoms. The molecule has 0 bridgehead atoms. The lowest BCUT2D eigenvalue weighted by Gasteiger charge is -2.02. The van der Waals surface area contributed by atoms with E-state index in [4.69, 9.17) is 5.11 Å². The van der Waals surface area contributed by atoms with Crippen LogP contribution in [0.2, 0.25) is 0 Å². The Bertz CT molecular complexity index is 592. The zero-order chi connectivity index (χ0) is 13.3. The number of carbonyl (C=O) groups is 1. The molecule has 1 unspecified atom stereocenters. The molecule has 0 saturated heterocycles. The second-order valence-corrected chi connectivity index (χ2v) is 4.12. The summed E-state index contributed by atoms with van der Waals surface area (Å²) >= 11 is 0. The Kier molecular flexibility index (Phi) is 3.14. The largest absolute Gasteiger partial charge is 0.481 e. The Balaban J connectivity index is 2.48. The summed E-state index contributed by atoms with van der Waals surface area (Å²) in [7, 11) is 1.67. The Hall–Kier alpha value is -2.17. The van der Waals surface area contributed by atoms with Crippen molar-refractivity contribution in [3.05, 3.63) is 41.8 Å². The Morgan fingerprint density at radius 2 is 2.11 bits per heavy atom. The SMILES string of the molecule is CC(C(=O)O)c1cc(-c2ccccc2F)n(C)n1. The molecule has 0 aliphatic rings. The molecule has 0 amide bonds. The maximum Gasteiger partial charge on any atom is 0.312 e. The first-order valence-electron chi connectivity index (χ1n) is 5.52. The average Bonchev–Trinajstić information content (AvgIpc) is 2.71. The first kappa shape index (κ1) is 12.3. The maximum atomic E-state index is 13.7. The van der Waals surface area contributed by atoms with E-state index >= 15 is 0 Å². The van der Waals surface area contributed by atoms with Crippen LogP contribution in [0.1, 0.15) is 18.5 Å². The molecule has 5 heteroatoms. The highest BCUT2D eigenvalue weighted by Gasteiger charge is 2.19. The number of aromatic nitrogens is 2. The van der Waals surface area contributed by atoms with Gasteiger partial charge in [0.1, 0.15) is 5.82 Å². The predicted molar refractivity (Wildman–Crippen MR) is 64.7 cm³/mol. The molecule has 4 nitrogen and oxygen atoms in total. The Morgan fingerprint density at radius 3 is 2.72 bits per heavy atom. The molecule has 0 saturated carbocycles. The summed E-state index contributed by atoms with van der Waals surface area (Å²) in [4.78, 5) is 10.9. The predicted octanol–water partition coefficient (Wildman–Crippen LogP) is 2.41. The van der Waals surface area contributed by atoms with Gasteiger partial charge in [-0.2, -0.15) is 5.10 Å². The number of hydrogen-bond donors (Lipinski definition) is 1. The van der Waals surface area contributed by atoms with E-state index in [0.717, 1.165) is 0 Å². The van der Waals surface area contributed by atoms with Gasteiger partial charge in [-0.3, -0.25) is 9.48 Å². The number of aryl methyl sites for hydroxylation is 1. The van der Waals surface area contributed by atoms with Gasteiger partial charge in [0.2, 0.25) is 0 Å². The minimum atomic E-state index is -0.951. The van der Waals surface area contributed by atoms with Crippen LogP contribution in [0.5, 0.6) is 0 Å². The van der Waals surface area contributed by atoms with Crippen LogP contribution in [-0.4, -0.2) is 20.9 Å². The normalized spacial score (nSPS) is 12.4. The molecule has 0 fully saturated rings. The molecule has 0 aliphatic heterocycles. The first-order chi connectivity index (χ1) is 8.50. The number of nitrogens with zero attached hydrogens (tertiary/aromatic N) is 2. The van der Waals surface area contributed by atoms with E-state index in [1.54, 1.807) is 38.2 Å². The van der Waals surface area contributed by atoms with Gasteiger partial charge in [0.25, 0.3) is 0 Å². The summed E-state index contributed by atoms with van der Waals surface area (Å²) in [6.07, 6.45) is 0. The van der Waals surface area contributed by atoms with Gasteiger partial charge in [-0.15, -0.1) is 0 Å². The van der Waals surface area contributed by atoms with E-state index in [9.17, 15) is 9.18 Å². The second-order valence-electron chi connectivity index (χ2n) is 4.12. The van der Waals surface area contributed by atoms with Gasteiger partial charge in [0.05, 0.1) is 17.3 Å². The van der Waals surface area contributed by atoms with Crippen molar-refractivity contribution in [2.24, 2.45) is 7.05 Å². The molecule has 1 N–H and O–H groups in total. The fraction of sp³-hybridized carbons (Fsp3) is 0.231. The summed E-state index contributed by atoms with van der Waals surface area (Å²) in [5.41, 5.74) is 1.40. The van der Waals surface area contributed by atoms with Gasteiger partial charge in [0, 0.05) is 12.6 Å². The maximum absolute atomic E-state index is 13.7. The summed E-state index contributed by atoms with van der Waals surface area (Å²) in [6, 6.07) is 7.95. The van der Waals surface area contributed by atoms with Crippen molar-refractivity contribution in [2.75, 3.05) is 0 Å². The van der Waals surface area contributed by atoms with Gasteiger partial charge >= 0.3 is 5.97 Å². The van der Waals surface area contributed by atoms with Crippen LogP contribution < -0.4 is 0 Å². The fourth-order valence-electron chi connectivity index (χ4n) is 1.75. The monoisotopic (exact) mass is 248 g/mol. The lowest BCUT2D eigenvalue weighted by atomic mass is 10.1. The number of halogens is 1. The highest BCUT2D eigenvalue weighted by atomic mass is 19.1. The standard InChI is InChI=1S/C13H13FN2O2/c1-8(13(17)18)11-7-12(16(2)15-11)9-5-3-4-6-10(9)14/h3-8H,1-2H3,(H,17,18). The molecule has 1 atom stereocenters. The molecule has 0 radical (unpaired) electrons. The van der Waals surface area contributed by atoms with Gasteiger partial charge in [0.15, 0.2) is 0 Å². The smallest absolute Gasteiger partial charge is 0.312 e. The summed E-state index contributed by atoms with van der Waals surface area (Å²) in [5, 5.41) is 13.1. The van der Waals surface area contributed by atoms with E-state index in [1.807, 2.05) is 0 Å². The lowest BCUT2D eigenvalue weighted by Crippen LogP contribution is -2.08. The molecule has 0 aliphatic carbocycles. The second kappa shape index (κ2) is 4.60. The van der Waals surface area contributed by atoms with Crippen LogP contribution in [-0.2, 0) is 11.8 Å². The molecule has 94 valence electrons. The first-order valence-corrected chi connectivity index (χ1v) is 5.52. The molecule has 2 aromatic rings. The van der Waals surface area contributed by atoms with E-state index in [-0.39, 0.29) is 5.82 Å². The Morgan fingerprint density at radius 1 is 1.44 bits per heavy atom. The van der Waals surface area contributed by atoms with Crippen molar-refractivity contribution in [3.8, 4) is 11.3 Å². The van der Waals surface area contributed by atoms with Gasteiger partial charge in [-0.25, -0.2) is 4.39 Å². The minimum absolute atomic E-state index is 0.352. The van der Waals surface area contributed by atoms with Crippen LogP contribution >= 0.6 is 0 Å². The van der Waals surface area contributed by atoms with Crippen molar-refractivity contribution in [1.82, 2.24) is 9.78 Å². The number of benzene rings is 1. The number of rotatable bonds is 3. The van der Waals surface area contributed by atoms with E-state index in [1.165, 1.54) is 10.7 Å². The zero-order valence-corrected chi connectivity index (χ0v) is 10.1. The van der Waals surface area contributed by atoms with Crippen molar-refractivity contribution in [3.63, 3.8) is 0 Å². The number of carboxylic acids is 1. The quantitative estimate of drug-likeness (QED) is 0.907. The fourth-order valence-corrected chi connectivity index (χ4v) is 1.75. The molecule has 1 aromatic heterocycles. The van der Waals surface area contributed by atoms with Gasteiger partial charge in [-0.05, 0) is 25.1 Å². The van der Waals surface area contributed by atoms with Gasteiger partial charge < -0.3 is 5.11 Å². The third kappa shape index (κ3) is 2.11. The van der Waals surface area contributed by atoms with Crippen LogP contribution in [0.15, 0.2) is 30.3 Å². The molecule has 1 heterocycles. The van der Waals surface area contributed by atoms with Crippen LogP contribution in [0.3, 0.4) is 0 Å². The zero-order valence-electron chi connectivity index (χ0n) is 10.1. The highest BCUT2D eigenvalue weighted by molar-refractivity contribution is 5.75. The van der Waals surface area contributed by atoms with Crippen molar-refractivity contribution in [2.45, 2.75) is 12.8 Å². The van der Waals surface area contributed by atoms with Gasteiger partial charge in [-0.1, -0.05) is 12.1 Å². The van der Waals surface area contributed by atoms with E-state index < -0.39 is 11.9 Å². The molecular weight excluding hydrogens is 235 g/mol. The third-order valence-electron chi connectivity index (χ3n) is 2.86. The van der Waals surface area contributed by atoms with Crippen molar-refractivity contribution in [1.29, 1.82) is 0 Å². The minimum Gasteiger partial charge on any atom is -0.481 e. The Labute approximate surface area is 104 Å². The number of carboxylic acid groups (broad SMARTS) is 1. The summed E-state index contributed by atoms with van der Waals surface area (Å²) < 4.78 is 15.2. The van der Waals surface area contributed by atoms with Crippen LogP contribution in [0.25, 0.3) is 11.3 Å². The summed E-state index contributed by atoms with van der Waals surface area (Å²) in [5.74, 6) is -2.01. The number of hydrogen-bond acceptors (Lipinski definition) is 2. The molecule has 0 spiro atoms. The third-order valence-corrected chi connectivity index (χ3v) is 2.86. The summed E-state index contributed by atoms with van der Waals surface area (Å²) in [6.45, 7) is 1.55. The topological polar surface area (TPSA) is 55.1 Å².